The van der Waals surface area contributed by atoms with Crippen LogP contribution in [0.5, 0.6) is 11.5 Å². The Hall–Kier alpha value is -4.66. The zero-order valence-corrected chi connectivity index (χ0v) is 20.1. The number of aromatic nitrogens is 2. The molecular formula is C28H25FN4O4. The molecule has 1 heterocycles. The van der Waals surface area contributed by atoms with Crippen molar-refractivity contribution in [2.45, 2.75) is 25.3 Å². The van der Waals surface area contributed by atoms with Gasteiger partial charge in [0.1, 0.15) is 17.3 Å². The zero-order chi connectivity index (χ0) is 25.9. The lowest BCUT2D eigenvalue weighted by molar-refractivity contribution is 0.102. The highest BCUT2D eigenvalue weighted by Crippen LogP contribution is 2.42. The molecule has 0 bridgehead atoms. The van der Waals surface area contributed by atoms with Crippen LogP contribution >= 0.6 is 0 Å². The van der Waals surface area contributed by atoms with Gasteiger partial charge in [0.05, 0.1) is 24.1 Å². The van der Waals surface area contributed by atoms with Gasteiger partial charge in [-0.15, -0.1) is 0 Å². The number of ether oxygens (including phenoxy) is 1. The molecule has 1 saturated carbocycles. The number of para-hydroxylation sites is 1. The maximum Gasteiger partial charge on any atom is 0.342 e. The predicted molar refractivity (Wildman–Crippen MR) is 136 cm³/mol. The number of nitrogens with one attached hydrogen (secondary N) is 2. The van der Waals surface area contributed by atoms with Gasteiger partial charge in [0.2, 0.25) is 0 Å². The van der Waals surface area contributed by atoms with E-state index in [0.717, 1.165) is 18.5 Å². The van der Waals surface area contributed by atoms with Crippen LogP contribution in [-0.2, 0) is 6.54 Å². The minimum absolute atomic E-state index is 0.0926. The second kappa shape index (κ2) is 10.1. The van der Waals surface area contributed by atoms with Crippen molar-refractivity contribution < 1.29 is 23.8 Å². The van der Waals surface area contributed by atoms with Crippen molar-refractivity contribution in [3.8, 4) is 22.8 Å². The molecule has 4 aromatic rings. The molecule has 0 spiro atoms. The number of methoxy groups -OCH3 is 1. The number of hydrogen-bond donors (Lipinski definition) is 3. The summed E-state index contributed by atoms with van der Waals surface area (Å²) in [5.74, 6) is -0.188. The molecule has 1 fully saturated rings. The number of carbonyl (C=O) groups excluding carboxylic acids is 2. The number of aromatic hydroxyl groups is 1. The quantitative estimate of drug-likeness (QED) is 0.320. The normalized spacial score (nSPS) is 12.7. The van der Waals surface area contributed by atoms with Gasteiger partial charge in [0, 0.05) is 29.8 Å². The third-order valence-electron chi connectivity index (χ3n) is 6.14. The van der Waals surface area contributed by atoms with Crippen LogP contribution in [0, 0.1) is 5.82 Å². The number of carbonyl (C=O) groups is 2. The Kier molecular flexibility index (Phi) is 6.59. The van der Waals surface area contributed by atoms with Gasteiger partial charge in [-0.2, -0.15) is 9.78 Å². The average Bonchev–Trinajstić information content (AvgIpc) is 3.65. The Labute approximate surface area is 212 Å². The first kappa shape index (κ1) is 24.1. The lowest BCUT2D eigenvalue weighted by atomic mass is 10.1. The standard InChI is InChI=1S/C28H25FN4O4/c1-37-26-8-3-2-7-22(26)27(35)31-20-11-12-21(25(34)14-20)23-15-24(18-9-10-18)33(32-23)28(36)30-16-17-5-4-6-19(29)13-17/h2-8,11-15,18,34H,9-10,16H2,1H3,(H,30,36)(H,31,35). The molecule has 5 rings (SSSR count). The van der Waals surface area contributed by atoms with Crippen molar-refractivity contribution >= 4 is 17.6 Å². The Morgan fingerprint density at radius 1 is 1.08 bits per heavy atom. The number of rotatable bonds is 7. The molecule has 0 aliphatic heterocycles. The summed E-state index contributed by atoms with van der Waals surface area (Å²) in [5.41, 5.74) is 3.01. The van der Waals surface area contributed by atoms with E-state index < -0.39 is 6.03 Å². The molecular weight excluding hydrogens is 475 g/mol. The van der Waals surface area contributed by atoms with Crippen LogP contribution in [0.2, 0.25) is 0 Å². The van der Waals surface area contributed by atoms with E-state index in [0.29, 0.717) is 33.8 Å². The van der Waals surface area contributed by atoms with Gasteiger partial charge in [0.25, 0.3) is 5.91 Å². The van der Waals surface area contributed by atoms with Crippen molar-refractivity contribution in [3.05, 3.63) is 95.4 Å². The Balaban J connectivity index is 1.35. The summed E-state index contributed by atoms with van der Waals surface area (Å²) >= 11 is 0. The second-order valence-electron chi connectivity index (χ2n) is 8.82. The van der Waals surface area contributed by atoms with Gasteiger partial charge < -0.3 is 20.5 Å². The van der Waals surface area contributed by atoms with Crippen molar-refractivity contribution in [3.63, 3.8) is 0 Å². The van der Waals surface area contributed by atoms with Gasteiger partial charge in [-0.25, -0.2) is 9.18 Å². The molecule has 8 nitrogen and oxygen atoms in total. The van der Waals surface area contributed by atoms with Crippen LogP contribution in [0.25, 0.3) is 11.3 Å². The van der Waals surface area contributed by atoms with Crippen LogP contribution in [-0.4, -0.2) is 33.9 Å². The third-order valence-corrected chi connectivity index (χ3v) is 6.14. The molecule has 3 N–H and O–H groups in total. The fourth-order valence-electron chi connectivity index (χ4n) is 4.12. The molecule has 0 saturated heterocycles. The zero-order valence-electron chi connectivity index (χ0n) is 20.1. The lowest BCUT2D eigenvalue weighted by Crippen LogP contribution is -2.30. The summed E-state index contributed by atoms with van der Waals surface area (Å²) < 4.78 is 20.0. The highest BCUT2D eigenvalue weighted by molar-refractivity contribution is 6.06. The fraction of sp³-hybridized carbons (Fsp3) is 0.179. The Bertz CT molecular complexity index is 1480. The van der Waals surface area contributed by atoms with Gasteiger partial charge >= 0.3 is 6.03 Å². The largest absolute Gasteiger partial charge is 0.507 e. The summed E-state index contributed by atoms with van der Waals surface area (Å²) in [6.07, 6.45) is 1.89. The predicted octanol–water partition coefficient (Wildman–Crippen LogP) is 5.29. The highest BCUT2D eigenvalue weighted by atomic mass is 19.1. The maximum absolute atomic E-state index is 13.5. The molecule has 1 aliphatic carbocycles. The first-order chi connectivity index (χ1) is 17.9. The van der Waals surface area contributed by atoms with Crippen molar-refractivity contribution in [2.24, 2.45) is 0 Å². The Morgan fingerprint density at radius 2 is 1.89 bits per heavy atom. The number of amides is 2. The fourth-order valence-corrected chi connectivity index (χ4v) is 4.12. The minimum atomic E-state index is -0.433. The number of anilines is 1. The van der Waals surface area contributed by atoms with E-state index in [2.05, 4.69) is 15.7 Å². The molecule has 1 aliphatic rings. The van der Waals surface area contributed by atoms with Crippen LogP contribution in [0.1, 0.15) is 40.4 Å². The summed E-state index contributed by atoms with van der Waals surface area (Å²) in [6.45, 7) is 0.155. The summed E-state index contributed by atoms with van der Waals surface area (Å²) in [5, 5.41) is 20.7. The topological polar surface area (TPSA) is 105 Å². The molecule has 0 unspecified atom stereocenters. The van der Waals surface area contributed by atoms with E-state index in [-0.39, 0.29) is 29.9 Å². The molecule has 188 valence electrons. The molecule has 0 atom stereocenters. The van der Waals surface area contributed by atoms with Gasteiger partial charge in [0.15, 0.2) is 0 Å². The number of nitrogens with zero attached hydrogens (tertiary/aromatic N) is 2. The van der Waals surface area contributed by atoms with E-state index in [9.17, 15) is 19.1 Å². The number of halogens is 1. The molecule has 2 amide bonds. The molecule has 0 radical (unpaired) electrons. The smallest absolute Gasteiger partial charge is 0.342 e. The van der Waals surface area contributed by atoms with Crippen molar-refractivity contribution in [1.82, 2.24) is 15.1 Å². The number of benzene rings is 3. The van der Waals surface area contributed by atoms with E-state index in [1.807, 2.05) is 0 Å². The Morgan fingerprint density at radius 3 is 2.62 bits per heavy atom. The molecule has 1 aromatic heterocycles. The number of phenols is 1. The van der Waals surface area contributed by atoms with Crippen LogP contribution in [0.15, 0.2) is 72.8 Å². The van der Waals surface area contributed by atoms with E-state index in [1.165, 1.54) is 30.0 Å². The highest BCUT2D eigenvalue weighted by Gasteiger charge is 2.30. The van der Waals surface area contributed by atoms with Gasteiger partial charge in [-0.3, -0.25) is 4.79 Å². The van der Waals surface area contributed by atoms with Crippen LogP contribution < -0.4 is 15.4 Å². The van der Waals surface area contributed by atoms with E-state index in [4.69, 9.17) is 4.74 Å². The van der Waals surface area contributed by atoms with E-state index >= 15 is 0 Å². The third kappa shape index (κ3) is 5.30. The summed E-state index contributed by atoms with van der Waals surface area (Å²) in [6, 6.07) is 19.0. The first-order valence-electron chi connectivity index (χ1n) is 11.8. The minimum Gasteiger partial charge on any atom is -0.507 e. The SMILES string of the molecule is COc1ccccc1C(=O)Nc1ccc(-c2cc(C3CC3)n(C(=O)NCc3cccc(F)c3)n2)c(O)c1. The molecule has 37 heavy (non-hydrogen) atoms. The summed E-state index contributed by atoms with van der Waals surface area (Å²) in [4.78, 5) is 25.6. The number of hydrogen-bond acceptors (Lipinski definition) is 5. The molecule has 9 heteroatoms. The number of phenolic OH excluding ortho intramolecular Hbond substituents is 1. The average molecular weight is 501 g/mol. The monoisotopic (exact) mass is 500 g/mol. The second-order valence-corrected chi connectivity index (χ2v) is 8.82. The van der Waals surface area contributed by atoms with Crippen LogP contribution in [0.3, 0.4) is 0 Å². The van der Waals surface area contributed by atoms with Crippen molar-refractivity contribution in [1.29, 1.82) is 0 Å². The van der Waals surface area contributed by atoms with Crippen LogP contribution in [0.4, 0.5) is 14.9 Å². The molecule has 3 aromatic carbocycles. The van der Waals surface area contributed by atoms with Crippen molar-refractivity contribution in [2.75, 3.05) is 12.4 Å². The van der Waals surface area contributed by atoms with Gasteiger partial charge in [-0.1, -0.05) is 24.3 Å². The van der Waals surface area contributed by atoms with Gasteiger partial charge in [-0.05, 0) is 60.9 Å². The lowest BCUT2D eigenvalue weighted by Gasteiger charge is -2.10. The maximum atomic E-state index is 13.5. The summed E-state index contributed by atoms with van der Waals surface area (Å²) in [7, 11) is 1.49. The van der Waals surface area contributed by atoms with E-state index in [1.54, 1.807) is 54.6 Å². The first-order valence-corrected chi connectivity index (χ1v) is 11.8.